The topological polar surface area (TPSA) is 42.0 Å². The van der Waals surface area contributed by atoms with Gasteiger partial charge in [-0.2, -0.15) is 11.8 Å². The summed E-state index contributed by atoms with van der Waals surface area (Å²) in [6, 6.07) is 6.22. The van der Waals surface area contributed by atoms with Crippen molar-refractivity contribution >= 4 is 17.7 Å². The van der Waals surface area contributed by atoms with Crippen molar-refractivity contribution in [3.63, 3.8) is 0 Å². The van der Waals surface area contributed by atoms with Crippen LogP contribution in [-0.2, 0) is 11.2 Å². The van der Waals surface area contributed by atoms with Gasteiger partial charge >= 0.3 is 0 Å². The Hall–Kier alpha value is -1.03. The number of hydrogen-bond donors (Lipinski definition) is 1. The summed E-state index contributed by atoms with van der Waals surface area (Å²) in [5, 5.41) is 3.93. The molecule has 3 nitrogen and oxygen atoms in total. The molecule has 1 amide bonds. The predicted molar refractivity (Wildman–Crippen MR) is 84.9 cm³/mol. The van der Waals surface area contributed by atoms with Crippen LogP contribution in [0.1, 0.15) is 44.7 Å². The van der Waals surface area contributed by atoms with Gasteiger partial charge in [-0.3, -0.25) is 9.78 Å². The number of amides is 1. The van der Waals surface area contributed by atoms with E-state index < -0.39 is 0 Å². The van der Waals surface area contributed by atoms with Gasteiger partial charge in [-0.05, 0) is 43.6 Å². The molecule has 1 fully saturated rings. The predicted octanol–water partition coefficient (Wildman–Crippen LogP) is 3.19. The highest BCUT2D eigenvalue weighted by Gasteiger charge is 2.22. The molecule has 4 heteroatoms. The van der Waals surface area contributed by atoms with Crippen molar-refractivity contribution in [3.05, 3.63) is 30.1 Å². The number of pyridine rings is 1. The average Bonchev–Trinajstić information content (AvgIpc) is 2.47. The SMILES string of the molecule is CCSC1CCCC(NC(=O)CCc2ccccn2)C1. The van der Waals surface area contributed by atoms with E-state index in [1.807, 2.05) is 30.0 Å². The second-order valence-electron chi connectivity index (χ2n) is 5.33. The van der Waals surface area contributed by atoms with E-state index in [2.05, 4.69) is 17.2 Å². The fraction of sp³-hybridized carbons (Fsp3) is 0.625. The molecule has 1 aliphatic carbocycles. The Morgan fingerprint density at radius 1 is 1.45 bits per heavy atom. The van der Waals surface area contributed by atoms with Gasteiger partial charge in [0, 0.05) is 29.6 Å². The van der Waals surface area contributed by atoms with Crippen LogP contribution in [0.2, 0.25) is 0 Å². The molecule has 2 rings (SSSR count). The minimum absolute atomic E-state index is 0.169. The number of thioether (sulfide) groups is 1. The van der Waals surface area contributed by atoms with Crippen LogP contribution in [0.25, 0.3) is 0 Å². The van der Waals surface area contributed by atoms with Gasteiger partial charge in [-0.15, -0.1) is 0 Å². The number of aromatic nitrogens is 1. The Morgan fingerprint density at radius 3 is 3.10 bits per heavy atom. The molecule has 2 unspecified atom stereocenters. The summed E-state index contributed by atoms with van der Waals surface area (Å²) < 4.78 is 0. The minimum Gasteiger partial charge on any atom is -0.353 e. The Bertz CT molecular complexity index is 408. The summed E-state index contributed by atoms with van der Waals surface area (Å²) in [6.07, 6.45) is 7.86. The number of rotatable bonds is 6. The fourth-order valence-electron chi connectivity index (χ4n) is 2.75. The second-order valence-corrected chi connectivity index (χ2v) is 6.91. The normalized spacial score (nSPS) is 22.4. The van der Waals surface area contributed by atoms with Crippen molar-refractivity contribution in [1.82, 2.24) is 10.3 Å². The maximum Gasteiger partial charge on any atom is 0.220 e. The Morgan fingerprint density at radius 2 is 2.35 bits per heavy atom. The Balaban J connectivity index is 1.71. The number of hydrogen-bond acceptors (Lipinski definition) is 3. The molecule has 0 radical (unpaired) electrons. The zero-order valence-corrected chi connectivity index (χ0v) is 13.0. The first-order chi connectivity index (χ1) is 9.78. The van der Waals surface area contributed by atoms with E-state index in [0.29, 0.717) is 12.5 Å². The number of nitrogens with one attached hydrogen (secondary N) is 1. The van der Waals surface area contributed by atoms with E-state index >= 15 is 0 Å². The molecule has 1 aromatic rings. The molecular formula is C16H24N2OS. The molecule has 1 aliphatic rings. The number of carbonyl (C=O) groups is 1. The van der Waals surface area contributed by atoms with Crippen LogP contribution in [0.3, 0.4) is 0 Å². The third-order valence-corrected chi connectivity index (χ3v) is 4.96. The zero-order valence-electron chi connectivity index (χ0n) is 12.2. The Kier molecular flexibility index (Phi) is 6.37. The molecule has 0 aliphatic heterocycles. The quantitative estimate of drug-likeness (QED) is 0.875. The number of aryl methyl sites for hydroxylation is 1. The first kappa shape index (κ1) is 15.4. The van der Waals surface area contributed by atoms with Crippen LogP contribution in [0.5, 0.6) is 0 Å². The third-order valence-electron chi connectivity index (χ3n) is 3.73. The van der Waals surface area contributed by atoms with Crippen LogP contribution in [-0.4, -0.2) is 27.9 Å². The van der Waals surface area contributed by atoms with Gasteiger partial charge in [-0.25, -0.2) is 0 Å². The molecule has 0 saturated heterocycles. The van der Waals surface area contributed by atoms with Crippen molar-refractivity contribution in [3.8, 4) is 0 Å². The van der Waals surface area contributed by atoms with Crippen LogP contribution in [0.15, 0.2) is 24.4 Å². The van der Waals surface area contributed by atoms with Gasteiger partial charge < -0.3 is 5.32 Å². The molecule has 0 spiro atoms. The smallest absolute Gasteiger partial charge is 0.220 e. The van der Waals surface area contributed by atoms with E-state index in [0.717, 1.165) is 30.2 Å². The largest absolute Gasteiger partial charge is 0.353 e. The van der Waals surface area contributed by atoms with E-state index in [1.54, 1.807) is 6.20 Å². The van der Waals surface area contributed by atoms with Gasteiger partial charge in [0.2, 0.25) is 5.91 Å². The molecule has 1 heterocycles. The first-order valence-corrected chi connectivity index (χ1v) is 8.63. The van der Waals surface area contributed by atoms with Gasteiger partial charge in [0.1, 0.15) is 0 Å². The average molecular weight is 292 g/mol. The maximum absolute atomic E-state index is 12.0. The molecule has 1 N–H and O–H groups in total. The van der Waals surface area contributed by atoms with Crippen molar-refractivity contribution in [2.45, 2.75) is 56.7 Å². The van der Waals surface area contributed by atoms with Gasteiger partial charge in [0.15, 0.2) is 0 Å². The summed E-state index contributed by atoms with van der Waals surface area (Å²) in [7, 11) is 0. The summed E-state index contributed by atoms with van der Waals surface area (Å²) in [5.74, 6) is 1.34. The fourth-order valence-corrected chi connectivity index (χ4v) is 3.92. The maximum atomic E-state index is 12.0. The number of carbonyl (C=O) groups excluding carboxylic acids is 1. The van der Waals surface area contributed by atoms with Crippen LogP contribution >= 0.6 is 11.8 Å². The molecule has 20 heavy (non-hydrogen) atoms. The van der Waals surface area contributed by atoms with E-state index in [-0.39, 0.29) is 5.91 Å². The monoisotopic (exact) mass is 292 g/mol. The van der Waals surface area contributed by atoms with E-state index in [1.165, 1.54) is 18.6 Å². The van der Waals surface area contributed by atoms with Crippen molar-refractivity contribution in [2.75, 3.05) is 5.75 Å². The molecule has 110 valence electrons. The lowest BCUT2D eigenvalue weighted by Gasteiger charge is -2.29. The highest BCUT2D eigenvalue weighted by atomic mass is 32.2. The lowest BCUT2D eigenvalue weighted by Crippen LogP contribution is -2.39. The van der Waals surface area contributed by atoms with Crippen LogP contribution in [0.4, 0.5) is 0 Å². The van der Waals surface area contributed by atoms with Gasteiger partial charge in [-0.1, -0.05) is 19.4 Å². The second kappa shape index (κ2) is 8.30. The van der Waals surface area contributed by atoms with E-state index in [9.17, 15) is 4.79 Å². The molecular weight excluding hydrogens is 268 g/mol. The van der Waals surface area contributed by atoms with Crippen LogP contribution < -0.4 is 5.32 Å². The molecule has 1 saturated carbocycles. The zero-order chi connectivity index (χ0) is 14.2. The minimum atomic E-state index is 0.169. The van der Waals surface area contributed by atoms with Crippen molar-refractivity contribution in [1.29, 1.82) is 0 Å². The highest BCUT2D eigenvalue weighted by Crippen LogP contribution is 2.28. The molecule has 1 aromatic heterocycles. The van der Waals surface area contributed by atoms with Crippen molar-refractivity contribution in [2.24, 2.45) is 0 Å². The standard InChI is InChI=1S/C16H24N2OS/c1-2-20-15-8-5-7-14(12-15)18-16(19)10-9-13-6-3-4-11-17-13/h3-4,6,11,14-15H,2,5,7-10,12H2,1H3,(H,18,19). The molecule has 0 bridgehead atoms. The Labute approximate surface area is 125 Å². The van der Waals surface area contributed by atoms with Crippen molar-refractivity contribution < 1.29 is 4.79 Å². The van der Waals surface area contributed by atoms with Gasteiger partial charge in [0.05, 0.1) is 0 Å². The molecule has 2 atom stereocenters. The summed E-state index contributed by atoms with van der Waals surface area (Å²) in [6.45, 7) is 2.21. The summed E-state index contributed by atoms with van der Waals surface area (Å²) >= 11 is 2.03. The van der Waals surface area contributed by atoms with Crippen LogP contribution in [0, 0.1) is 0 Å². The lowest BCUT2D eigenvalue weighted by molar-refractivity contribution is -0.121. The number of nitrogens with zero attached hydrogens (tertiary/aromatic N) is 1. The first-order valence-electron chi connectivity index (χ1n) is 7.58. The molecule has 0 aromatic carbocycles. The third kappa shape index (κ3) is 5.16. The van der Waals surface area contributed by atoms with Gasteiger partial charge in [0.25, 0.3) is 0 Å². The summed E-state index contributed by atoms with van der Waals surface area (Å²) in [4.78, 5) is 16.3. The summed E-state index contributed by atoms with van der Waals surface area (Å²) in [5.41, 5.74) is 0.991. The highest BCUT2D eigenvalue weighted by molar-refractivity contribution is 7.99. The lowest BCUT2D eigenvalue weighted by atomic mass is 9.95. The van der Waals surface area contributed by atoms with E-state index in [4.69, 9.17) is 0 Å².